The zero-order chi connectivity index (χ0) is 23.4. The fourth-order valence-electron chi connectivity index (χ4n) is 4.38. The molecule has 168 valence electrons. The van der Waals surface area contributed by atoms with Crippen LogP contribution < -0.4 is 0 Å². The summed E-state index contributed by atoms with van der Waals surface area (Å²) < 4.78 is 2.42. The Labute approximate surface area is 197 Å². The maximum absolute atomic E-state index is 9.45. The molecule has 3 aromatic carbocycles. The standard InChI is InChI=1S/C29H32N4/c1-5-6-14-28-31-27-13-9-12-25(21(2)32(3)4)29(27)33(28)20-22-15-17-23(18-16-22)26-11-8-7-10-24(26)19-30/h7-13,15-18,21H,5-6,14,20H2,1-4H3. The Kier molecular flexibility index (Phi) is 6.91. The van der Waals surface area contributed by atoms with Gasteiger partial charge in [-0.1, -0.05) is 67.9 Å². The molecule has 0 fully saturated rings. The summed E-state index contributed by atoms with van der Waals surface area (Å²) in [6.45, 7) is 5.26. The number of fused-ring (bicyclic) bond motifs is 1. The van der Waals surface area contributed by atoms with Crippen molar-refractivity contribution in [1.82, 2.24) is 14.5 Å². The monoisotopic (exact) mass is 436 g/mol. The molecule has 0 spiro atoms. The molecule has 4 nitrogen and oxygen atoms in total. The van der Waals surface area contributed by atoms with E-state index in [1.165, 1.54) is 16.6 Å². The summed E-state index contributed by atoms with van der Waals surface area (Å²) in [5.74, 6) is 1.16. The maximum atomic E-state index is 9.45. The molecule has 0 N–H and O–H groups in total. The molecule has 1 atom stereocenters. The van der Waals surface area contributed by atoms with Crippen molar-refractivity contribution >= 4 is 11.0 Å². The van der Waals surface area contributed by atoms with Crippen molar-refractivity contribution in [3.63, 3.8) is 0 Å². The predicted molar refractivity (Wildman–Crippen MR) is 136 cm³/mol. The molecule has 1 aromatic heterocycles. The molecule has 0 bridgehead atoms. The number of nitrogens with zero attached hydrogens (tertiary/aromatic N) is 4. The lowest BCUT2D eigenvalue weighted by molar-refractivity contribution is 0.322. The van der Waals surface area contributed by atoms with Gasteiger partial charge in [0.25, 0.3) is 0 Å². The molecule has 0 radical (unpaired) electrons. The van der Waals surface area contributed by atoms with E-state index in [0.29, 0.717) is 11.6 Å². The Hall–Kier alpha value is -3.42. The number of hydrogen-bond donors (Lipinski definition) is 0. The van der Waals surface area contributed by atoms with Crippen molar-refractivity contribution < 1.29 is 0 Å². The molecule has 0 aliphatic heterocycles. The van der Waals surface area contributed by atoms with E-state index in [2.05, 4.69) is 85.9 Å². The second-order valence-corrected chi connectivity index (χ2v) is 8.93. The quantitative estimate of drug-likeness (QED) is 0.313. The van der Waals surface area contributed by atoms with Crippen LogP contribution in [0.1, 0.15) is 55.2 Å². The van der Waals surface area contributed by atoms with Crippen LogP contribution >= 0.6 is 0 Å². The number of aromatic nitrogens is 2. The molecule has 4 rings (SSSR count). The van der Waals surface area contributed by atoms with Crippen LogP contribution in [-0.4, -0.2) is 28.5 Å². The first-order valence-electron chi connectivity index (χ1n) is 11.8. The van der Waals surface area contributed by atoms with Crippen LogP contribution in [0, 0.1) is 11.3 Å². The van der Waals surface area contributed by atoms with Gasteiger partial charge in [-0.2, -0.15) is 5.26 Å². The summed E-state index contributed by atoms with van der Waals surface area (Å²) in [4.78, 5) is 7.29. The highest BCUT2D eigenvalue weighted by Crippen LogP contribution is 2.30. The van der Waals surface area contributed by atoms with Gasteiger partial charge in [-0.15, -0.1) is 0 Å². The zero-order valence-corrected chi connectivity index (χ0v) is 20.0. The predicted octanol–water partition coefficient (Wildman–Crippen LogP) is 6.59. The third kappa shape index (κ3) is 4.69. The minimum absolute atomic E-state index is 0.299. The van der Waals surface area contributed by atoms with E-state index in [-0.39, 0.29) is 0 Å². The number of unbranched alkanes of at least 4 members (excludes halogenated alkanes) is 1. The molecule has 0 aliphatic carbocycles. The molecule has 1 heterocycles. The number of hydrogen-bond acceptors (Lipinski definition) is 3. The Morgan fingerprint density at radius 3 is 2.45 bits per heavy atom. The Balaban J connectivity index is 1.75. The third-order valence-corrected chi connectivity index (χ3v) is 6.51. The average molecular weight is 437 g/mol. The molecular weight excluding hydrogens is 404 g/mol. The van der Waals surface area contributed by atoms with Crippen LogP contribution in [0.4, 0.5) is 0 Å². The fraction of sp³-hybridized carbons (Fsp3) is 0.310. The Bertz CT molecular complexity index is 1280. The van der Waals surface area contributed by atoms with Crippen molar-refractivity contribution in [3.05, 3.63) is 89.2 Å². The van der Waals surface area contributed by atoms with Gasteiger partial charge in [-0.25, -0.2) is 4.98 Å². The first-order valence-corrected chi connectivity index (χ1v) is 11.8. The van der Waals surface area contributed by atoms with Gasteiger partial charge in [0.2, 0.25) is 0 Å². The number of para-hydroxylation sites is 1. The van der Waals surface area contributed by atoms with E-state index in [9.17, 15) is 5.26 Å². The van der Waals surface area contributed by atoms with Crippen molar-refractivity contribution in [2.24, 2.45) is 0 Å². The first-order chi connectivity index (χ1) is 16.0. The molecule has 1 unspecified atom stereocenters. The van der Waals surface area contributed by atoms with E-state index in [1.54, 1.807) is 0 Å². The van der Waals surface area contributed by atoms with Crippen molar-refractivity contribution in [3.8, 4) is 17.2 Å². The highest BCUT2D eigenvalue weighted by molar-refractivity contribution is 5.80. The molecule has 4 aromatic rings. The zero-order valence-electron chi connectivity index (χ0n) is 20.0. The summed E-state index contributed by atoms with van der Waals surface area (Å²) in [6.07, 6.45) is 3.26. The highest BCUT2D eigenvalue weighted by atomic mass is 15.1. The number of rotatable bonds is 8. The van der Waals surface area contributed by atoms with Crippen LogP contribution in [-0.2, 0) is 13.0 Å². The molecule has 0 saturated carbocycles. The summed E-state index contributed by atoms with van der Waals surface area (Å²) in [5, 5.41) is 9.45. The molecule has 0 amide bonds. The molecular formula is C29H32N4. The second-order valence-electron chi connectivity index (χ2n) is 8.93. The van der Waals surface area contributed by atoms with Crippen molar-refractivity contribution in [2.75, 3.05) is 14.1 Å². The SMILES string of the molecule is CCCCc1nc2cccc(C(C)N(C)C)c2n1Cc1ccc(-c2ccccc2C#N)cc1. The van der Waals surface area contributed by atoms with Crippen LogP contribution in [0.2, 0.25) is 0 Å². The Morgan fingerprint density at radius 1 is 1.00 bits per heavy atom. The lowest BCUT2D eigenvalue weighted by atomic mass is 9.99. The number of aryl methyl sites for hydroxylation is 1. The molecule has 0 saturated heterocycles. The van der Waals surface area contributed by atoms with E-state index < -0.39 is 0 Å². The summed E-state index contributed by atoms with van der Waals surface area (Å²) in [6, 6.07) is 25.5. The smallest absolute Gasteiger partial charge is 0.110 e. The first kappa shape index (κ1) is 22.8. The molecule has 4 heteroatoms. The minimum atomic E-state index is 0.299. The van der Waals surface area contributed by atoms with Gasteiger partial charge < -0.3 is 9.47 Å². The van der Waals surface area contributed by atoms with Gasteiger partial charge in [0.15, 0.2) is 0 Å². The van der Waals surface area contributed by atoms with Gasteiger partial charge in [0.1, 0.15) is 5.82 Å². The van der Waals surface area contributed by atoms with E-state index >= 15 is 0 Å². The molecule has 0 aliphatic rings. The number of imidazole rings is 1. The second kappa shape index (κ2) is 10.0. The van der Waals surface area contributed by atoms with E-state index in [1.807, 2.05) is 24.3 Å². The summed E-state index contributed by atoms with van der Waals surface area (Å²) >= 11 is 0. The topological polar surface area (TPSA) is 44.9 Å². The number of benzene rings is 3. The van der Waals surface area contributed by atoms with E-state index in [4.69, 9.17) is 4.98 Å². The normalized spacial score (nSPS) is 12.2. The van der Waals surface area contributed by atoms with Gasteiger partial charge in [-0.3, -0.25) is 0 Å². The minimum Gasteiger partial charge on any atom is -0.323 e. The van der Waals surface area contributed by atoms with Gasteiger partial charge >= 0.3 is 0 Å². The third-order valence-electron chi connectivity index (χ3n) is 6.51. The highest BCUT2D eigenvalue weighted by Gasteiger charge is 2.18. The van der Waals surface area contributed by atoms with Crippen LogP contribution in [0.25, 0.3) is 22.2 Å². The van der Waals surface area contributed by atoms with E-state index in [0.717, 1.165) is 48.3 Å². The van der Waals surface area contributed by atoms with Gasteiger partial charge in [-0.05, 0) is 61.8 Å². The lowest BCUT2D eigenvalue weighted by Crippen LogP contribution is -2.18. The summed E-state index contributed by atoms with van der Waals surface area (Å²) in [7, 11) is 4.25. The average Bonchev–Trinajstić information content (AvgIpc) is 3.19. The van der Waals surface area contributed by atoms with Crippen LogP contribution in [0.15, 0.2) is 66.7 Å². The van der Waals surface area contributed by atoms with Gasteiger partial charge in [0.05, 0.1) is 22.7 Å². The van der Waals surface area contributed by atoms with Crippen molar-refractivity contribution in [2.45, 2.75) is 45.7 Å². The van der Waals surface area contributed by atoms with Gasteiger partial charge in [0, 0.05) is 19.0 Å². The Morgan fingerprint density at radius 2 is 1.76 bits per heavy atom. The largest absolute Gasteiger partial charge is 0.323 e. The lowest BCUT2D eigenvalue weighted by Gasteiger charge is -2.22. The van der Waals surface area contributed by atoms with Crippen LogP contribution in [0.5, 0.6) is 0 Å². The van der Waals surface area contributed by atoms with Crippen LogP contribution in [0.3, 0.4) is 0 Å². The van der Waals surface area contributed by atoms with Crippen molar-refractivity contribution in [1.29, 1.82) is 5.26 Å². The molecule has 33 heavy (non-hydrogen) atoms. The number of nitriles is 1. The fourth-order valence-corrected chi connectivity index (χ4v) is 4.38. The maximum Gasteiger partial charge on any atom is 0.110 e. The summed E-state index contributed by atoms with van der Waals surface area (Å²) in [5.41, 5.74) is 7.61.